The minimum atomic E-state index is -1.45. The van der Waals surface area contributed by atoms with Crippen molar-refractivity contribution in [2.45, 2.75) is 118 Å². The summed E-state index contributed by atoms with van der Waals surface area (Å²) in [6, 6.07) is 0. The van der Waals surface area contributed by atoms with E-state index in [4.69, 9.17) is 4.43 Å². The van der Waals surface area contributed by atoms with Crippen LogP contribution >= 0.6 is 0 Å². The van der Waals surface area contributed by atoms with Crippen LogP contribution in [-0.4, -0.2) is 14.4 Å². The number of rotatable bonds is 5. The molecule has 0 amide bonds. The average Bonchev–Trinajstić information content (AvgIpc) is 3.42. The largest absolute Gasteiger partial charge is 0.414 e. The third-order valence-corrected chi connectivity index (χ3v) is 12.8. The lowest BCUT2D eigenvalue weighted by Crippen LogP contribution is -2.51. The van der Waals surface area contributed by atoms with Crippen LogP contribution in [0.3, 0.4) is 0 Å². The zero-order valence-electron chi connectivity index (χ0n) is 22.5. The first-order chi connectivity index (χ1) is 14.9. The van der Waals surface area contributed by atoms with E-state index in [1.807, 2.05) is 0 Å². The molecule has 5 rings (SSSR count). The number of hydrogen-bond acceptors (Lipinski definition) is 1. The molecule has 182 valence electrons. The van der Waals surface area contributed by atoms with Gasteiger partial charge in [-0.2, -0.15) is 0 Å². The van der Waals surface area contributed by atoms with Gasteiger partial charge in [0, 0.05) is 6.10 Å². The highest BCUT2D eigenvalue weighted by molar-refractivity contribution is 6.69. The van der Waals surface area contributed by atoms with Gasteiger partial charge < -0.3 is 4.43 Å². The zero-order chi connectivity index (χ0) is 23.1. The van der Waals surface area contributed by atoms with E-state index >= 15 is 0 Å². The van der Waals surface area contributed by atoms with Crippen molar-refractivity contribution in [3.05, 3.63) is 11.6 Å². The van der Waals surface area contributed by atoms with E-state index in [2.05, 4.69) is 60.3 Å². The lowest BCUT2D eigenvalue weighted by atomic mass is 9.47. The Hall–Kier alpha value is -0.0831. The van der Waals surface area contributed by atoms with Crippen molar-refractivity contribution in [3.63, 3.8) is 0 Å². The molecular weight excluding hydrogens is 404 g/mol. The molecule has 10 atom stereocenters. The molecule has 0 aromatic carbocycles. The Bertz CT molecular complexity index is 748. The van der Waals surface area contributed by atoms with Crippen LogP contribution in [0.15, 0.2) is 11.6 Å². The first-order valence-corrected chi connectivity index (χ1v) is 17.7. The molecule has 1 nitrogen and oxygen atoms in total. The smallest absolute Gasteiger partial charge is 0.184 e. The molecule has 4 saturated carbocycles. The van der Waals surface area contributed by atoms with Gasteiger partial charge in [0.25, 0.3) is 0 Å². The Morgan fingerprint density at radius 1 is 0.938 bits per heavy atom. The molecule has 0 saturated heterocycles. The predicted octanol–water partition coefficient (Wildman–Crippen LogP) is 8.71. The molecule has 32 heavy (non-hydrogen) atoms. The molecule has 0 bridgehead atoms. The molecule has 0 aliphatic heterocycles. The third-order valence-electron chi connectivity index (χ3n) is 11.7. The van der Waals surface area contributed by atoms with Crippen molar-refractivity contribution < 1.29 is 4.43 Å². The van der Waals surface area contributed by atoms with Gasteiger partial charge in [-0.3, -0.25) is 0 Å². The highest BCUT2D eigenvalue weighted by Crippen LogP contribution is 2.69. The number of fused-ring (bicyclic) bond motifs is 5. The van der Waals surface area contributed by atoms with E-state index in [1.54, 1.807) is 5.57 Å². The maximum atomic E-state index is 6.59. The van der Waals surface area contributed by atoms with Crippen LogP contribution in [-0.2, 0) is 4.43 Å². The standard InChI is InChI=1S/C30H52OSi/c1-19(2)24-18-25(24)20(3)26-11-12-27-23-10-9-21-17-22(31-32(6,7)8)13-15-29(21,4)28(23)14-16-30(26,27)5/h9,19-20,22-28H,10-18H2,1-8H3. The molecular formula is C30H52OSi. The Kier molecular flexibility index (Phi) is 5.89. The Labute approximate surface area is 200 Å². The van der Waals surface area contributed by atoms with Gasteiger partial charge in [-0.1, -0.05) is 46.3 Å². The highest BCUT2D eigenvalue weighted by Gasteiger charge is 2.61. The highest BCUT2D eigenvalue weighted by atomic mass is 28.4. The van der Waals surface area contributed by atoms with E-state index in [0.29, 0.717) is 16.9 Å². The van der Waals surface area contributed by atoms with Crippen LogP contribution in [0.5, 0.6) is 0 Å². The van der Waals surface area contributed by atoms with Gasteiger partial charge in [-0.05, 0) is 136 Å². The van der Waals surface area contributed by atoms with Gasteiger partial charge >= 0.3 is 0 Å². The monoisotopic (exact) mass is 456 g/mol. The van der Waals surface area contributed by atoms with Crippen molar-refractivity contribution in [2.75, 3.05) is 0 Å². The van der Waals surface area contributed by atoms with Crippen molar-refractivity contribution >= 4 is 8.32 Å². The fourth-order valence-corrected chi connectivity index (χ4v) is 11.2. The second-order valence-corrected chi connectivity index (χ2v) is 19.2. The van der Waals surface area contributed by atoms with Crippen LogP contribution in [0, 0.1) is 58.2 Å². The second-order valence-electron chi connectivity index (χ2n) is 14.7. The molecule has 5 aliphatic rings. The normalized spacial score (nSPS) is 49.2. The van der Waals surface area contributed by atoms with Crippen molar-refractivity contribution in [1.82, 2.24) is 0 Å². The number of allylic oxidation sites excluding steroid dienone is 1. The average molecular weight is 457 g/mol. The first kappa shape index (κ1) is 23.6. The fourth-order valence-electron chi connectivity index (χ4n) is 10.0. The first-order valence-electron chi connectivity index (χ1n) is 14.3. The summed E-state index contributed by atoms with van der Waals surface area (Å²) in [5.41, 5.74) is 2.87. The summed E-state index contributed by atoms with van der Waals surface area (Å²) in [5.74, 6) is 7.76. The van der Waals surface area contributed by atoms with Crippen molar-refractivity contribution in [3.8, 4) is 0 Å². The summed E-state index contributed by atoms with van der Waals surface area (Å²) >= 11 is 0. The molecule has 0 radical (unpaired) electrons. The predicted molar refractivity (Wildman–Crippen MR) is 139 cm³/mol. The van der Waals surface area contributed by atoms with E-state index < -0.39 is 8.32 Å². The van der Waals surface area contributed by atoms with Gasteiger partial charge in [-0.25, -0.2) is 0 Å². The molecule has 0 heterocycles. The third kappa shape index (κ3) is 3.82. The maximum Gasteiger partial charge on any atom is 0.184 e. The van der Waals surface area contributed by atoms with Crippen LogP contribution < -0.4 is 0 Å². The minimum absolute atomic E-state index is 0.465. The second kappa shape index (κ2) is 7.97. The fraction of sp³-hybridized carbons (Fsp3) is 0.933. The summed E-state index contributed by atoms with van der Waals surface area (Å²) in [7, 11) is -1.45. The van der Waals surface area contributed by atoms with Crippen LogP contribution in [0.4, 0.5) is 0 Å². The van der Waals surface area contributed by atoms with Gasteiger partial charge in [0.1, 0.15) is 0 Å². The minimum Gasteiger partial charge on any atom is -0.414 e. The number of hydrogen-bond donors (Lipinski definition) is 0. The summed E-state index contributed by atoms with van der Waals surface area (Å²) in [6.07, 6.45) is 16.0. The Morgan fingerprint density at radius 3 is 2.34 bits per heavy atom. The molecule has 0 aromatic heterocycles. The summed E-state index contributed by atoms with van der Waals surface area (Å²) in [6.45, 7) is 20.0. The molecule has 10 unspecified atom stereocenters. The van der Waals surface area contributed by atoms with Gasteiger partial charge in [0.15, 0.2) is 8.32 Å². The lowest BCUT2D eigenvalue weighted by Gasteiger charge is -2.58. The topological polar surface area (TPSA) is 9.23 Å². The molecule has 5 aliphatic carbocycles. The SMILES string of the molecule is CC(C)C1CC1C(C)C1CCC2C3CC=C4CC(O[Si](C)(C)C)CCC4(C)C3CCC12C. The maximum absolute atomic E-state index is 6.59. The van der Waals surface area contributed by atoms with E-state index in [9.17, 15) is 0 Å². The quantitative estimate of drug-likeness (QED) is 0.297. The van der Waals surface area contributed by atoms with Gasteiger partial charge in [0.05, 0.1) is 0 Å². The molecule has 0 N–H and O–H groups in total. The molecule has 2 heteroatoms. The summed E-state index contributed by atoms with van der Waals surface area (Å²) in [5, 5.41) is 0. The van der Waals surface area contributed by atoms with E-state index in [-0.39, 0.29) is 0 Å². The van der Waals surface area contributed by atoms with Crippen LogP contribution in [0.25, 0.3) is 0 Å². The molecule has 4 fully saturated rings. The molecule has 0 aromatic rings. The van der Waals surface area contributed by atoms with E-state index in [1.165, 1.54) is 57.8 Å². The summed E-state index contributed by atoms with van der Waals surface area (Å²) < 4.78 is 6.59. The molecule has 0 spiro atoms. The van der Waals surface area contributed by atoms with Crippen LogP contribution in [0.2, 0.25) is 19.6 Å². The van der Waals surface area contributed by atoms with Crippen molar-refractivity contribution in [1.29, 1.82) is 0 Å². The van der Waals surface area contributed by atoms with Crippen LogP contribution in [0.1, 0.15) is 92.4 Å². The van der Waals surface area contributed by atoms with Gasteiger partial charge in [-0.15, -0.1) is 0 Å². The van der Waals surface area contributed by atoms with Crippen molar-refractivity contribution in [2.24, 2.45) is 58.2 Å². The summed E-state index contributed by atoms with van der Waals surface area (Å²) in [4.78, 5) is 0. The Morgan fingerprint density at radius 2 is 1.69 bits per heavy atom. The Balaban J connectivity index is 1.32. The van der Waals surface area contributed by atoms with E-state index in [0.717, 1.165) is 47.3 Å². The van der Waals surface area contributed by atoms with Gasteiger partial charge in [0.2, 0.25) is 0 Å². The zero-order valence-corrected chi connectivity index (χ0v) is 23.5. The lowest BCUT2D eigenvalue weighted by molar-refractivity contribution is -0.0575.